The van der Waals surface area contributed by atoms with E-state index < -0.39 is 41.2 Å². The molecular formula is C24H35N5O9S2. The van der Waals surface area contributed by atoms with Crippen molar-refractivity contribution in [1.82, 2.24) is 15.2 Å². The number of amides is 2. The van der Waals surface area contributed by atoms with Crippen molar-refractivity contribution < 1.29 is 43.0 Å². The van der Waals surface area contributed by atoms with Crippen LogP contribution in [0.1, 0.15) is 46.2 Å². The number of carbonyl (C=O) groups excluding carboxylic acids is 4. The molecule has 2 aliphatic rings. The quantitative estimate of drug-likeness (QED) is 0.110. The second kappa shape index (κ2) is 14.0. The number of oxime groups is 1. The van der Waals surface area contributed by atoms with E-state index >= 15 is 0 Å². The summed E-state index contributed by atoms with van der Waals surface area (Å²) >= 11 is 2.44. The molecule has 0 aliphatic carbocycles. The largest absolute Gasteiger partial charge is 0.511 e. The van der Waals surface area contributed by atoms with E-state index in [1.165, 1.54) is 30.7 Å². The van der Waals surface area contributed by atoms with Gasteiger partial charge in [-0.05, 0) is 19.8 Å². The van der Waals surface area contributed by atoms with Gasteiger partial charge in [0.15, 0.2) is 10.8 Å². The summed E-state index contributed by atoms with van der Waals surface area (Å²) in [5.41, 5.74) is 4.61. The highest BCUT2D eigenvalue weighted by molar-refractivity contribution is 8.00. The van der Waals surface area contributed by atoms with E-state index in [4.69, 9.17) is 29.5 Å². The van der Waals surface area contributed by atoms with Crippen LogP contribution in [-0.2, 0) is 38.2 Å². The Bertz CT molecular complexity index is 1110. The summed E-state index contributed by atoms with van der Waals surface area (Å²) in [7, 11) is 1.43. The molecule has 3 unspecified atom stereocenters. The molecule has 14 nitrogen and oxygen atoms in total. The number of ether oxygens (including phenoxy) is 4. The fourth-order valence-electron chi connectivity index (χ4n) is 4.17. The third-order valence-corrected chi connectivity index (χ3v) is 8.52. The van der Waals surface area contributed by atoms with Gasteiger partial charge in [0, 0.05) is 31.7 Å². The zero-order valence-corrected chi connectivity index (χ0v) is 24.7. The number of nitrogens with two attached hydrogens (primary N) is 1. The van der Waals surface area contributed by atoms with E-state index in [1.807, 2.05) is 13.8 Å². The molecule has 3 heterocycles. The average molecular weight is 602 g/mol. The molecule has 1 aromatic rings. The summed E-state index contributed by atoms with van der Waals surface area (Å²) in [5.74, 6) is -1.48. The first kappa shape index (κ1) is 31.4. The van der Waals surface area contributed by atoms with Gasteiger partial charge >= 0.3 is 12.1 Å². The third-order valence-electron chi connectivity index (χ3n) is 6.26. The standard InChI is InChI=1S/C24H35N5O9S2/c1-6-14(7-2)38-23(33)37-13(4)36-21(32)24(11-34-5)10-29-19(31)17(20(29)40-12-24)27-18(30)16(28-35-8-3)15-9-39-22(25)26-15/h9,13-14,17,20H,6-8,10-12H2,1-5H3,(H2,25,26)(H,27,30)/t13?,17?,20-,24?/m1/s1. The highest BCUT2D eigenvalue weighted by Crippen LogP contribution is 2.43. The first-order valence-corrected chi connectivity index (χ1v) is 14.7. The Balaban J connectivity index is 1.63. The number of anilines is 1. The minimum Gasteiger partial charge on any atom is -0.431 e. The first-order valence-electron chi connectivity index (χ1n) is 12.8. The van der Waals surface area contributed by atoms with Gasteiger partial charge in [-0.2, -0.15) is 0 Å². The van der Waals surface area contributed by atoms with Crippen LogP contribution in [0.2, 0.25) is 0 Å². The monoisotopic (exact) mass is 601 g/mol. The van der Waals surface area contributed by atoms with Crippen molar-refractivity contribution in [3.05, 3.63) is 11.1 Å². The van der Waals surface area contributed by atoms with Gasteiger partial charge in [-0.3, -0.25) is 14.4 Å². The summed E-state index contributed by atoms with van der Waals surface area (Å²) in [6.45, 7) is 7.07. The summed E-state index contributed by atoms with van der Waals surface area (Å²) in [4.78, 5) is 62.0. The second-order valence-corrected chi connectivity index (χ2v) is 11.2. The van der Waals surface area contributed by atoms with E-state index in [2.05, 4.69) is 15.5 Å². The summed E-state index contributed by atoms with van der Waals surface area (Å²) < 4.78 is 21.0. The number of fused-ring (bicyclic) bond motifs is 1. The summed E-state index contributed by atoms with van der Waals surface area (Å²) in [6, 6.07) is -0.848. The number of β-lactam (4-membered cyclic amide) rings is 1. The second-order valence-electron chi connectivity index (χ2n) is 9.16. The van der Waals surface area contributed by atoms with Crippen molar-refractivity contribution in [3.8, 4) is 0 Å². The Labute approximate surface area is 240 Å². The Morgan fingerprint density at radius 1 is 1.25 bits per heavy atom. The molecule has 0 aromatic carbocycles. The Morgan fingerprint density at radius 2 is 1.98 bits per heavy atom. The molecule has 2 aliphatic heterocycles. The van der Waals surface area contributed by atoms with Crippen LogP contribution in [0.15, 0.2) is 10.5 Å². The number of nitrogens with zero attached hydrogens (tertiary/aromatic N) is 3. The molecule has 0 spiro atoms. The lowest BCUT2D eigenvalue weighted by Gasteiger charge is -2.53. The number of nitrogens with one attached hydrogen (secondary N) is 1. The predicted octanol–water partition coefficient (Wildman–Crippen LogP) is 1.73. The van der Waals surface area contributed by atoms with Gasteiger partial charge < -0.3 is 39.7 Å². The topological polar surface area (TPSA) is 181 Å². The first-order chi connectivity index (χ1) is 19.1. The molecule has 16 heteroatoms. The minimum absolute atomic E-state index is 0.00400. The van der Waals surface area contributed by atoms with E-state index in [0.29, 0.717) is 12.8 Å². The summed E-state index contributed by atoms with van der Waals surface area (Å²) in [6.07, 6.45) is -1.19. The van der Waals surface area contributed by atoms with E-state index in [1.54, 1.807) is 12.3 Å². The van der Waals surface area contributed by atoms with Crippen LogP contribution in [-0.4, -0.2) is 96.0 Å². The molecule has 0 saturated carbocycles. The molecule has 3 N–H and O–H groups in total. The SMILES string of the molecule is CCON=C(C(=O)NC1C(=O)N2CC(COC)(C(=O)OC(C)OC(=O)OC(CC)CC)CS[C@H]12)c1csc(N)n1. The Kier molecular flexibility index (Phi) is 11.0. The molecule has 40 heavy (non-hydrogen) atoms. The highest BCUT2D eigenvalue weighted by Gasteiger charge is 2.58. The fourth-order valence-corrected chi connectivity index (χ4v) is 6.23. The molecule has 1 aromatic heterocycles. The summed E-state index contributed by atoms with van der Waals surface area (Å²) in [5, 5.41) is 7.94. The molecule has 222 valence electrons. The third kappa shape index (κ3) is 7.14. The predicted molar refractivity (Wildman–Crippen MR) is 146 cm³/mol. The molecule has 2 amide bonds. The van der Waals surface area contributed by atoms with Crippen LogP contribution in [0.3, 0.4) is 0 Å². The van der Waals surface area contributed by atoms with Crippen molar-refractivity contribution in [1.29, 1.82) is 0 Å². The van der Waals surface area contributed by atoms with Gasteiger partial charge in [-0.25, -0.2) is 9.78 Å². The van der Waals surface area contributed by atoms with E-state index in [-0.39, 0.29) is 54.1 Å². The molecule has 2 saturated heterocycles. The maximum absolute atomic E-state index is 13.2. The maximum atomic E-state index is 13.2. The van der Waals surface area contributed by atoms with Gasteiger partial charge in [0.05, 0.1) is 6.61 Å². The zero-order chi connectivity index (χ0) is 29.4. The number of methoxy groups -OCH3 is 1. The molecule has 4 atom stereocenters. The van der Waals surface area contributed by atoms with Gasteiger partial charge in [0.1, 0.15) is 35.2 Å². The van der Waals surface area contributed by atoms with Crippen LogP contribution >= 0.6 is 23.1 Å². The van der Waals surface area contributed by atoms with Crippen LogP contribution in [0.25, 0.3) is 0 Å². The molecule has 0 radical (unpaired) electrons. The van der Waals surface area contributed by atoms with Crippen LogP contribution in [0.4, 0.5) is 9.93 Å². The lowest BCUT2D eigenvalue weighted by atomic mass is 9.88. The smallest absolute Gasteiger partial charge is 0.431 e. The number of rotatable bonds is 13. The molecule has 0 bridgehead atoms. The van der Waals surface area contributed by atoms with Crippen LogP contribution < -0.4 is 11.1 Å². The Morgan fingerprint density at radius 3 is 2.58 bits per heavy atom. The van der Waals surface area contributed by atoms with E-state index in [0.717, 1.165) is 11.3 Å². The number of esters is 1. The molecular weight excluding hydrogens is 566 g/mol. The maximum Gasteiger partial charge on any atom is 0.511 e. The normalized spacial score (nSPS) is 23.1. The van der Waals surface area contributed by atoms with Crippen LogP contribution in [0.5, 0.6) is 0 Å². The lowest BCUT2D eigenvalue weighted by Crippen LogP contribution is -2.74. The number of aromatic nitrogens is 1. The number of hydrogen-bond acceptors (Lipinski definition) is 14. The van der Waals surface area contributed by atoms with Gasteiger partial charge in [-0.1, -0.05) is 19.0 Å². The average Bonchev–Trinajstić information content (AvgIpc) is 3.36. The van der Waals surface area contributed by atoms with Crippen molar-refractivity contribution in [3.63, 3.8) is 0 Å². The number of nitrogen functional groups attached to an aromatic ring is 1. The number of thiazole rings is 1. The molecule has 3 rings (SSSR count). The van der Waals surface area contributed by atoms with Gasteiger partial charge in [0.25, 0.3) is 5.91 Å². The minimum atomic E-state index is -1.22. The number of thioether (sulfide) groups is 1. The van der Waals surface area contributed by atoms with Gasteiger partial charge in [-0.15, -0.1) is 23.1 Å². The number of hydrogen-bond donors (Lipinski definition) is 2. The lowest BCUT2D eigenvalue weighted by molar-refractivity contribution is -0.186. The Hall–Kier alpha value is -3.11. The van der Waals surface area contributed by atoms with Crippen molar-refractivity contribution >= 4 is 57.9 Å². The van der Waals surface area contributed by atoms with Crippen LogP contribution in [0, 0.1) is 5.41 Å². The van der Waals surface area contributed by atoms with Gasteiger partial charge in [0.2, 0.25) is 12.2 Å². The molecule has 2 fully saturated rings. The van der Waals surface area contributed by atoms with E-state index in [9.17, 15) is 19.2 Å². The highest BCUT2D eigenvalue weighted by atomic mass is 32.2. The van der Waals surface area contributed by atoms with Crippen molar-refractivity contribution in [2.45, 2.75) is 64.3 Å². The fraction of sp³-hybridized carbons (Fsp3) is 0.667. The zero-order valence-electron chi connectivity index (χ0n) is 23.0. The van der Waals surface area contributed by atoms with Crippen molar-refractivity contribution in [2.75, 3.05) is 38.4 Å². The van der Waals surface area contributed by atoms with Crippen molar-refractivity contribution in [2.24, 2.45) is 10.6 Å². The number of carbonyl (C=O) groups is 4.